The number of aliphatic hydroxyl groups is 1. The molecule has 3 amide bonds. The molecule has 32 heavy (non-hydrogen) atoms. The number of amides is 3. The lowest BCUT2D eigenvalue weighted by molar-refractivity contribution is -0.143. The predicted octanol–water partition coefficient (Wildman–Crippen LogP) is -1.49. The van der Waals surface area contributed by atoms with Crippen molar-refractivity contribution in [2.24, 2.45) is 11.7 Å². The lowest BCUT2D eigenvalue weighted by atomic mass is 10.0. The molecule has 0 fully saturated rings. The van der Waals surface area contributed by atoms with Crippen LogP contribution in [0.3, 0.4) is 0 Å². The Morgan fingerprint density at radius 2 is 1.41 bits per heavy atom. The van der Waals surface area contributed by atoms with Gasteiger partial charge in [-0.2, -0.15) is 11.8 Å². The lowest BCUT2D eigenvalue weighted by Crippen LogP contribution is -2.57. The monoisotopic (exact) mass is 478 g/mol. The second kappa shape index (κ2) is 15.4. The first-order valence-corrected chi connectivity index (χ1v) is 11.5. The molecule has 0 bridgehead atoms. The number of carboxylic acids is 2. The standard InChI is InChI=1S/C19H34N4O8S/c1-10(2)8-14(23-16(27)11(20)9-24)18(29)21-12(6-7-32-3)17(28)22-13(19(30)31)4-5-15(25)26/h10-14,24H,4-9,20H2,1-3H3,(H,21,29)(H,22,28)(H,23,27)(H,25,26)(H,30,31). The summed E-state index contributed by atoms with van der Waals surface area (Å²) in [6, 6.07) is -4.76. The van der Waals surface area contributed by atoms with E-state index in [0.717, 1.165) is 0 Å². The zero-order valence-corrected chi connectivity index (χ0v) is 19.3. The van der Waals surface area contributed by atoms with E-state index in [9.17, 15) is 29.1 Å². The van der Waals surface area contributed by atoms with E-state index in [2.05, 4.69) is 16.0 Å². The number of nitrogens with one attached hydrogen (secondary N) is 3. The smallest absolute Gasteiger partial charge is 0.326 e. The molecule has 0 aliphatic rings. The van der Waals surface area contributed by atoms with Crippen LogP contribution in [0.5, 0.6) is 0 Å². The third-order valence-corrected chi connectivity index (χ3v) is 5.02. The number of carboxylic acid groups (broad SMARTS) is 2. The summed E-state index contributed by atoms with van der Waals surface area (Å²) < 4.78 is 0. The third-order valence-electron chi connectivity index (χ3n) is 4.38. The first kappa shape index (κ1) is 29.6. The van der Waals surface area contributed by atoms with Gasteiger partial charge >= 0.3 is 11.9 Å². The average molecular weight is 479 g/mol. The van der Waals surface area contributed by atoms with Crippen LogP contribution in [-0.2, 0) is 24.0 Å². The van der Waals surface area contributed by atoms with E-state index >= 15 is 0 Å². The van der Waals surface area contributed by atoms with Crippen LogP contribution in [0.1, 0.15) is 39.5 Å². The van der Waals surface area contributed by atoms with Crippen molar-refractivity contribution in [3.8, 4) is 0 Å². The van der Waals surface area contributed by atoms with Crippen molar-refractivity contribution in [2.45, 2.75) is 63.7 Å². The van der Waals surface area contributed by atoms with Gasteiger partial charge in [0.2, 0.25) is 17.7 Å². The van der Waals surface area contributed by atoms with E-state index in [1.807, 2.05) is 13.8 Å². The fourth-order valence-electron chi connectivity index (χ4n) is 2.64. The number of rotatable bonds is 16. The van der Waals surface area contributed by atoms with Crippen LogP contribution in [0.2, 0.25) is 0 Å². The number of nitrogens with two attached hydrogens (primary N) is 1. The molecule has 4 atom stereocenters. The summed E-state index contributed by atoms with van der Waals surface area (Å²) >= 11 is 1.41. The average Bonchev–Trinajstić information content (AvgIpc) is 2.71. The first-order valence-electron chi connectivity index (χ1n) is 10.1. The Kier molecular flexibility index (Phi) is 14.3. The van der Waals surface area contributed by atoms with Gasteiger partial charge in [-0.25, -0.2) is 4.79 Å². The number of carbonyl (C=O) groups excluding carboxylic acids is 3. The number of aliphatic carboxylic acids is 2. The van der Waals surface area contributed by atoms with Crippen molar-refractivity contribution in [3.63, 3.8) is 0 Å². The quantitative estimate of drug-likeness (QED) is 0.137. The van der Waals surface area contributed by atoms with Crippen LogP contribution >= 0.6 is 11.8 Å². The molecule has 0 aromatic carbocycles. The maximum atomic E-state index is 12.8. The highest BCUT2D eigenvalue weighted by atomic mass is 32.2. The topological polar surface area (TPSA) is 208 Å². The number of aliphatic hydroxyl groups excluding tert-OH is 1. The van der Waals surface area contributed by atoms with E-state index in [1.165, 1.54) is 11.8 Å². The van der Waals surface area contributed by atoms with Crippen molar-refractivity contribution >= 4 is 41.4 Å². The maximum Gasteiger partial charge on any atom is 0.326 e. The highest BCUT2D eigenvalue weighted by molar-refractivity contribution is 7.98. The Bertz CT molecular complexity index is 661. The molecule has 0 aliphatic carbocycles. The van der Waals surface area contributed by atoms with E-state index in [-0.39, 0.29) is 25.2 Å². The van der Waals surface area contributed by atoms with Crippen LogP contribution in [0, 0.1) is 5.92 Å². The summed E-state index contributed by atoms with van der Waals surface area (Å²) in [5, 5.41) is 34.3. The fourth-order valence-corrected chi connectivity index (χ4v) is 3.11. The van der Waals surface area contributed by atoms with Gasteiger partial charge in [0.1, 0.15) is 24.2 Å². The van der Waals surface area contributed by atoms with Crippen molar-refractivity contribution in [3.05, 3.63) is 0 Å². The van der Waals surface area contributed by atoms with E-state index in [0.29, 0.717) is 5.75 Å². The fraction of sp³-hybridized carbons (Fsp3) is 0.737. The molecule has 0 aromatic heterocycles. The minimum atomic E-state index is -1.43. The molecule has 184 valence electrons. The van der Waals surface area contributed by atoms with Crippen LogP contribution in [0.15, 0.2) is 0 Å². The Balaban J connectivity index is 5.41. The zero-order chi connectivity index (χ0) is 24.8. The maximum absolute atomic E-state index is 12.8. The summed E-state index contributed by atoms with van der Waals surface area (Å²) in [4.78, 5) is 59.6. The lowest BCUT2D eigenvalue weighted by Gasteiger charge is -2.25. The normalized spacial score (nSPS) is 14.7. The number of carbonyl (C=O) groups is 5. The number of hydrogen-bond donors (Lipinski definition) is 7. The van der Waals surface area contributed by atoms with Crippen LogP contribution < -0.4 is 21.7 Å². The summed E-state index contributed by atoms with van der Waals surface area (Å²) in [6.45, 7) is 3.06. The van der Waals surface area contributed by atoms with Gasteiger partial charge in [-0.1, -0.05) is 13.8 Å². The number of thioether (sulfide) groups is 1. The van der Waals surface area contributed by atoms with Crippen molar-refractivity contribution in [1.29, 1.82) is 0 Å². The molecule has 0 saturated heterocycles. The molecule has 0 aliphatic heterocycles. The summed E-state index contributed by atoms with van der Waals surface area (Å²) in [5.41, 5.74) is 5.49. The van der Waals surface area contributed by atoms with Gasteiger partial charge in [0.05, 0.1) is 6.61 Å². The highest BCUT2D eigenvalue weighted by Gasteiger charge is 2.30. The molecule has 0 radical (unpaired) electrons. The largest absolute Gasteiger partial charge is 0.481 e. The van der Waals surface area contributed by atoms with Crippen LogP contribution in [-0.4, -0.2) is 87.8 Å². The minimum Gasteiger partial charge on any atom is -0.481 e. The van der Waals surface area contributed by atoms with Crippen LogP contribution in [0.25, 0.3) is 0 Å². The molecular weight excluding hydrogens is 444 g/mol. The van der Waals surface area contributed by atoms with Crippen molar-refractivity contribution < 1.29 is 39.3 Å². The molecule has 0 saturated carbocycles. The molecule has 0 heterocycles. The highest BCUT2D eigenvalue weighted by Crippen LogP contribution is 2.08. The van der Waals surface area contributed by atoms with Gasteiger partial charge in [0.25, 0.3) is 0 Å². The first-order chi connectivity index (χ1) is 14.9. The molecule has 4 unspecified atom stereocenters. The van der Waals surface area contributed by atoms with Gasteiger partial charge in [-0.3, -0.25) is 19.2 Å². The summed E-state index contributed by atoms with van der Waals surface area (Å²) in [7, 11) is 0. The predicted molar refractivity (Wildman–Crippen MR) is 118 cm³/mol. The molecule has 0 spiro atoms. The minimum absolute atomic E-state index is 0.00212. The van der Waals surface area contributed by atoms with Gasteiger partial charge in [0.15, 0.2) is 0 Å². The van der Waals surface area contributed by atoms with Crippen LogP contribution in [0.4, 0.5) is 0 Å². The van der Waals surface area contributed by atoms with Gasteiger partial charge in [-0.15, -0.1) is 0 Å². The Morgan fingerprint density at radius 1 is 0.875 bits per heavy atom. The number of hydrogen-bond acceptors (Lipinski definition) is 8. The Hall–Kier alpha value is -2.38. The van der Waals surface area contributed by atoms with Crippen molar-refractivity contribution in [2.75, 3.05) is 18.6 Å². The Labute approximate surface area is 191 Å². The van der Waals surface area contributed by atoms with Crippen molar-refractivity contribution in [1.82, 2.24) is 16.0 Å². The Morgan fingerprint density at radius 3 is 1.88 bits per heavy atom. The van der Waals surface area contributed by atoms with E-state index in [1.54, 1.807) is 6.26 Å². The van der Waals surface area contributed by atoms with Gasteiger partial charge in [0, 0.05) is 6.42 Å². The molecule has 12 nitrogen and oxygen atoms in total. The van der Waals surface area contributed by atoms with E-state index in [4.69, 9.17) is 15.9 Å². The zero-order valence-electron chi connectivity index (χ0n) is 18.5. The molecule has 0 aromatic rings. The molecular formula is C19H34N4O8S. The summed E-state index contributed by atoms with van der Waals surface area (Å²) in [6.07, 6.45) is 1.45. The molecule has 0 rings (SSSR count). The SMILES string of the molecule is CSCCC(NC(=O)C(CC(C)C)NC(=O)C(N)CO)C(=O)NC(CCC(=O)O)C(=O)O. The van der Waals surface area contributed by atoms with E-state index < -0.39 is 66.9 Å². The second-order valence-corrected chi connectivity index (χ2v) is 8.64. The van der Waals surface area contributed by atoms with Gasteiger partial charge < -0.3 is 37.0 Å². The molecule has 8 N–H and O–H groups in total. The van der Waals surface area contributed by atoms with Gasteiger partial charge in [-0.05, 0) is 37.2 Å². The third kappa shape index (κ3) is 11.9. The second-order valence-electron chi connectivity index (χ2n) is 7.65. The summed E-state index contributed by atoms with van der Waals surface area (Å²) in [5.74, 6) is -4.27. The molecule has 13 heteroatoms.